The highest BCUT2D eigenvalue weighted by molar-refractivity contribution is 5.76. The maximum absolute atomic E-state index is 13.0. The zero-order valence-electron chi connectivity index (χ0n) is 44.2. The van der Waals surface area contributed by atoms with Gasteiger partial charge in [-0.3, -0.25) is 9.59 Å². The number of hydrogen-bond donors (Lipinski definition) is 6. The Hall–Kier alpha value is -2.90. The zero-order valence-corrected chi connectivity index (χ0v) is 44.2. The lowest BCUT2D eigenvalue weighted by Crippen LogP contribution is -2.60. The number of ether oxygens (including phenoxy) is 3. The van der Waals surface area contributed by atoms with Gasteiger partial charge in [0.1, 0.15) is 24.4 Å². The van der Waals surface area contributed by atoms with Gasteiger partial charge in [-0.25, -0.2) is 0 Å². The van der Waals surface area contributed by atoms with Crippen LogP contribution in [0.2, 0.25) is 0 Å². The van der Waals surface area contributed by atoms with E-state index < -0.39 is 49.5 Å². The molecule has 0 bridgehead atoms. The van der Waals surface area contributed by atoms with E-state index >= 15 is 0 Å². The third kappa shape index (κ3) is 37.8. The summed E-state index contributed by atoms with van der Waals surface area (Å²) >= 11 is 0. The molecule has 1 saturated heterocycles. The topological polar surface area (TPSA) is 175 Å². The van der Waals surface area contributed by atoms with E-state index in [2.05, 4.69) is 79.9 Å². The van der Waals surface area contributed by atoms with Gasteiger partial charge in [0, 0.05) is 12.8 Å². The van der Waals surface area contributed by atoms with E-state index in [1.54, 1.807) is 6.08 Å². The second-order valence-electron chi connectivity index (χ2n) is 19.3. The number of amides is 1. The Morgan fingerprint density at radius 2 is 1.01 bits per heavy atom. The Labute approximate surface area is 426 Å². The van der Waals surface area contributed by atoms with Crippen molar-refractivity contribution in [3.05, 3.63) is 72.9 Å². The molecule has 0 saturated carbocycles. The average molecular weight is 986 g/mol. The summed E-state index contributed by atoms with van der Waals surface area (Å²) in [6.07, 6.45) is 52.9. The van der Waals surface area contributed by atoms with Crippen LogP contribution in [0, 0.1) is 0 Å². The van der Waals surface area contributed by atoms with E-state index in [9.17, 15) is 35.1 Å². The normalized spacial score (nSPS) is 19.8. The molecule has 1 amide bonds. The smallest absolute Gasteiger partial charge is 0.305 e. The van der Waals surface area contributed by atoms with Gasteiger partial charge in [-0.1, -0.05) is 177 Å². The third-order valence-corrected chi connectivity index (χ3v) is 12.8. The van der Waals surface area contributed by atoms with Gasteiger partial charge < -0.3 is 45.1 Å². The van der Waals surface area contributed by atoms with E-state index in [0.29, 0.717) is 19.4 Å². The van der Waals surface area contributed by atoms with E-state index in [1.165, 1.54) is 89.9 Å². The van der Waals surface area contributed by atoms with Crippen LogP contribution in [-0.2, 0) is 23.8 Å². The molecule has 404 valence electrons. The molecule has 0 aromatic carbocycles. The molecular formula is C59H103NO10. The number of carbonyl (C=O) groups excluding carboxylic acids is 2. The van der Waals surface area contributed by atoms with Crippen molar-refractivity contribution in [1.29, 1.82) is 0 Å². The molecule has 1 fully saturated rings. The average Bonchev–Trinajstić information content (AvgIpc) is 3.36. The van der Waals surface area contributed by atoms with Crippen molar-refractivity contribution < 1.29 is 49.3 Å². The van der Waals surface area contributed by atoms with Gasteiger partial charge in [0.25, 0.3) is 0 Å². The Bertz CT molecular complexity index is 1390. The predicted molar refractivity (Wildman–Crippen MR) is 287 cm³/mol. The van der Waals surface area contributed by atoms with E-state index in [1.807, 2.05) is 6.08 Å². The van der Waals surface area contributed by atoms with E-state index in [0.717, 1.165) is 109 Å². The number of nitrogens with one attached hydrogen (secondary N) is 1. The highest BCUT2D eigenvalue weighted by Crippen LogP contribution is 2.23. The number of carbonyl (C=O) groups is 2. The molecule has 1 rings (SSSR count). The zero-order chi connectivity index (χ0) is 51.0. The van der Waals surface area contributed by atoms with Gasteiger partial charge in [0.2, 0.25) is 5.91 Å². The minimum Gasteiger partial charge on any atom is -0.466 e. The molecule has 7 atom stereocenters. The molecular weight excluding hydrogens is 883 g/mol. The second kappa shape index (κ2) is 48.4. The van der Waals surface area contributed by atoms with E-state index in [4.69, 9.17) is 14.2 Å². The Morgan fingerprint density at radius 3 is 1.61 bits per heavy atom. The van der Waals surface area contributed by atoms with Gasteiger partial charge in [0.05, 0.1) is 32.0 Å². The number of allylic oxidation sites excluding steroid dienone is 11. The lowest BCUT2D eigenvalue weighted by atomic mass is 9.99. The molecule has 0 spiro atoms. The second-order valence-corrected chi connectivity index (χ2v) is 19.3. The molecule has 7 unspecified atom stereocenters. The number of rotatable bonds is 47. The number of esters is 1. The fraction of sp³-hybridized carbons (Fsp3) is 0.763. The lowest BCUT2D eigenvalue weighted by molar-refractivity contribution is -0.302. The quantitative estimate of drug-likeness (QED) is 0.0149. The van der Waals surface area contributed by atoms with Crippen LogP contribution in [0.4, 0.5) is 0 Å². The van der Waals surface area contributed by atoms with Crippen LogP contribution in [0.25, 0.3) is 0 Å². The molecule has 11 nitrogen and oxygen atoms in total. The molecule has 0 aliphatic carbocycles. The number of aliphatic hydroxyl groups is 5. The summed E-state index contributed by atoms with van der Waals surface area (Å²) in [5, 5.41) is 54.1. The Morgan fingerprint density at radius 1 is 0.543 bits per heavy atom. The van der Waals surface area contributed by atoms with Crippen LogP contribution in [0.5, 0.6) is 0 Å². The maximum Gasteiger partial charge on any atom is 0.305 e. The summed E-state index contributed by atoms with van der Waals surface area (Å²) in [4.78, 5) is 25.0. The number of unbranched alkanes of at least 4 members (excludes halogenated alkanes) is 24. The molecule has 70 heavy (non-hydrogen) atoms. The first-order valence-corrected chi connectivity index (χ1v) is 28.2. The van der Waals surface area contributed by atoms with E-state index in [-0.39, 0.29) is 18.5 Å². The van der Waals surface area contributed by atoms with Crippen LogP contribution in [0.3, 0.4) is 0 Å². The summed E-state index contributed by atoms with van der Waals surface area (Å²) in [5.41, 5.74) is 0. The fourth-order valence-corrected chi connectivity index (χ4v) is 8.23. The van der Waals surface area contributed by atoms with Gasteiger partial charge in [-0.15, -0.1) is 0 Å². The van der Waals surface area contributed by atoms with Crippen LogP contribution >= 0.6 is 0 Å². The van der Waals surface area contributed by atoms with Crippen molar-refractivity contribution in [3.63, 3.8) is 0 Å². The first kappa shape index (κ1) is 65.1. The van der Waals surface area contributed by atoms with Crippen LogP contribution in [-0.4, -0.2) is 100 Å². The lowest BCUT2D eigenvalue weighted by Gasteiger charge is -2.40. The van der Waals surface area contributed by atoms with Crippen molar-refractivity contribution in [3.8, 4) is 0 Å². The van der Waals surface area contributed by atoms with Crippen molar-refractivity contribution in [2.75, 3.05) is 19.8 Å². The summed E-state index contributed by atoms with van der Waals surface area (Å²) in [6.45, 7) is 4.16. The van der Waals surface area contributed by atoms with Crippen LogP contribution < -0.4 is 5.32 Å². The minimum absolute atomic E-state index is 0.0507. The number of aliphatic hydroxyl groups excluding tert-OH is 5. The minimum atomic E-state index is -1.59. The van der Waals surface area contributed by atoms with Crippen molar-refractivity contribution >= 4 is 11.9 Å². The third-order valence-electron chi connectivity index (χ3n) is 12.8. The summed E-state index contributed by atoms with van der Waals surface area (Å²) in [5.74, 6) is -0.270. The monoisotopic (exact) mass is 986 g/mol. The molecule has 11 heteroatoms. The molecule has 1 heterocycles. The summed E-state index contributed by atoms with van der Waals surface area (Å²) in [7, 11) is 0. The standard InChI is InChI=1S/C59H103NO10/c1-3-5-7-9-11-13-14-15-16-17-18-21-24-27-31-35-39-43-47-55(64)68-48-44-40-36-32-28-25-22-19-20-23-26-30-34-38-42-46-54(63)60-51(52(62)45-41-37-33-29-12-10-8-6-4-2)50-69-59-58(67)57(66)56(65)53(49-61)70-59/h12-14,16-17,19,22,25,28-29,41,45,51-53,56-59,61-62,65-67H,3-11,15,18,20-21,23-24,26-27,30-40,42-44,46-50H2,1-2H3,(H,60,63)/b14-13-,17-16-,22-19-,28-25-,29-12+,45-41+. The largest absolute Gasteiger partial charge is 0.466 e. The first-order chi connectivity index (χ1) is 34.2. The van der Waals surface area contributed by atoms with Crippen molar-refractivity contribution in [1.82, 2.24) is 5.32 Å². The molecule has 0 radical (unpaired) electrons. The maximum atomic E-state index is 13.0. The molecule has 6 N–H and O–H groups in total. The van der Waals surface area contributed by atoms with Crippen LogP contribution in [0.1, 0.15) is 226 Å². The highest BCUT2D eigenvalue weighted by Gasteiger charge is 2.44. The Kier molecular flexibility index (Phi) is 45.0. The molecule has 0 aromatic heterocycles. The highest BCUT2D eigenvalue weighted by atomic mass is 16.7. The molecule has 0 aromatic rings. The predicted octanol–water partition coefficient (Wildman–Crippen LogP) is 12.4. The molecule has 1 aliphatic rings. The summed E-state index contributed by atoms with van der Waals surface area (Å²) < 4.78 is 16.6. The first-order valence-electron chi connectivity index (χ1n) is 28.2. The van der Waals surface area contributed by atoms with Crippen LogP contribution in [0.15, 0.2) is 72.9 Å². The van der Waals surface area contributed by atoms with Crippen molar-refractivity contribution in [2.45, 2.75) is 269 Å². The Balaban J connectivity index is 2.10. The van der Waals surface area contributed by atoms with Gasteiger partial charge in [-0.2, -0.15) is 0 Å². The van der Waals surface area contributed by atoms with Crippen molar-refractivity contribution in [2.24, 2.45) is 0 Å². The fourth-order valence-electron chi connectivity index (χ4n) is 8.23. The SMILES string of the molecule is CCCCC/C=C/CC/C=C/C(O)C(COC1OC(CO)C(O)C(O)C1O)NC(=O)CCCCCCCC/C=C\C=C/CCCCCOC(=O)CCCCCCCCC/C=C\C/C=C\CCCCCC. The summed E-state index contributed by atoms with van der Waals surface area (Å²) in [6, 6.07) is -0.845. The molecule has 1 aliphatic heterocycles. The van der Waals surface area contributed by atoms with Gasteiger partial charge in [0.15, 0.2) is 6.29 Å². The van der Waals surface area contributed by atoms with Gasteiger partial charge in [-0.05, 0) is 109 Å². The number of hydrogen-bond acceptors (Lipinski definition) is 10. The van der Waals surface area contributed by atoms with Gasteiger partial charge >= 0.3 is 5.97 Å².